The monoisotopic (exact) mass is 339 g/mol. The van der Waals surface area contributed by atoms with E-state index < -0.39 is 5.54 Å². The molecule has 2 N–H and O–H groups in total. The molecule has 6 nitrogen and oxygen atoms in total. The lowest BCUT2D eigenvalue weighted by Gasteiger charge is -2.32. The number of aromatic nitrogens is 2. The molecule has 1 aliphatic rings. The predicted octanol–water partition coefficient (Wildman–Crippen LogP) is 1.97. The second-order valence-electron chi connectivity index (χ2n) is 5.74. The Morgan fingerprint density at radius 3 is 2.92 bits per heavy atom. The molecule has 2 aromatic rings. The first-order chi connectivity index (χ1) is 11.4. The van der Waals surface area contributed by atoms with Gasteiger partial charge in [0.05, 0.1) is 24.5 Å². The third-order valence-corrected chi connectivity index (χ3v) is 5.07. The number of amides is 1. The second-order valence-corrected chi connectivity index (χ2v) is 6.65. The highest BCUT2D eigenvalue weighted by Crippen LogP contribution is 2.38. The SMILES string of the molecule is CC#Cc1cncc(-c2csc([C@]3(C)CC(=O)N(C)C(N)=N3)c2)n1. The van der Waals surface area contributed by atoms with Gasteiger partial charge in [-0.25, -0.2) is 9.98 Å². The number of nitrogens with zero attached hydrogens (tertiary/aromatic N) is 4. The van der Waals surface area contributed by atoms with Crippen LogP contribution in [0.2, 0.25) is 0 Å². The second kappa shape index (κ2) is 6.06. The highest BCUT2D eigenvalue weighted by Gasteiger charge is 2.37. The van der Waals surface area contributed by atoms with Gasteiger partial charge in [-0.1, -0.05) is 5.92 Å². The molecule has 1 atom stereocenters. The Balaban J connectivity index is 1.97. The van der Waals surface area contributed by atoms with Crippen LogP contribution < -0.4 is 5.73 Å². The molecule has 1 amide bonds. The third-order valence-electron chi connectivity index (χ3n) is 3.89. The molecule has 0 saturated heterocycles. The molecule has 0 fully saturated rings. The van der Waals surface area contributed by atoms with Crippen molar-refractivity contribution in [2.24, 2.45) is 10.7 Å². The first-order valence-corrected chi connectivity index (χ1v) is 8.27. The van der Waals surface area contributed by atoms with Crippen LogP contribution in [0.15, 0.2) is 28.8 Å². The quantitative estimate of drug-likeness (QED) is 0.848. The number of hydrogen-bond acceptors (Lipinski definition) is 6. The van der Waals surface area contributed by atoms with Gasteiger partial charge in [0.15, 0.2) is 5.96 Å². The fourth-order valence-electron chi connectivity index (χ4n) is 2.50. The van der Waals surface area contributed by atoms with Crippen LogP contribution >= 0.6 is 11.3 Å². The van der Waals surface area contributed by atoms with E-state index in [0.29, 0.717) is 5.69 Å². The number of nitrogens with two attached hydrogens (primary N) is 1. The van der Waals surface area contributed by atoms with Crippen LogP contribution in [0.3, 0.4) is 0 Å². The number of guanidine groups is 1. The average molecular weight is 339 g/mol. The minimum atomic E-state index is -0.648. The lowest BCUT2D eigenvalue weighted by molar-refractivity contribution is -0.128. The number of aliphatic imine (C=N–C) groups is 1. The van der Waals surface area contributed by atoms with Gasteiger partial charge in [-0.15, -0.1) is 11.3 Å². The van der Waals surface area contributed by atoms with Gasteiger partial charge in [0, 0.05) is 22.9 Å². The maximum absolute atomic E-state index is 12.1. The summed E-state index contributed by atoms with van der Waals surface area (Å²) in [5, 5.41) is 1.99. The first-order valence-electron chi connectivity index (χ1n) is 7.39. The summed E-state index contributed by atoms with van der Waals surface area (Å²) in [6.07, 6.45) is 3.62. The number of hydrogen-bond donors (Lipinski definition) is 1. The Bertz CT molecular complexity index is 892. The summed E-state index contributed by atoms with van der Waals surface area (Å²) in [5.74, 6) is 5.92. The van der Waals surface area contributed by atoms with Crippen LogP contribution in [0.4, 0.5) is 0 Å². The van der Waals surface area contributed by atoms with Gasteiger partial charge in [-0.05, 0) is 25.8 Å². The van der Waals surface area contributed by atoms with Crippen molar-refractivity contribution in [2.45, 2.75) is 25.8 Å². The number of carbonyl (C=O) groups excluding carboxylic acids is 1. The summed E-state index contributed by atoms with van der Waals surface area (Å²) >= 11 is 1.54. The molecule has 0 saturated carbocycles. The summed E-state index contributed by atoms with van der Waals surface area (Å²) in [5.41, 5.74) is 7.54. The molecule has 122 valence electrons. The molecule has 2 aromatic heterocycles. The fraction of sp³-hybridized carbons (Fsp3) is 0.294. The van der Waals surface area contributed by atoms with E-state index in [4.69, 9.17) is 5.73 Å². The van der Waals surface area contributed by atoms with Crippen LogP contribution in [0.25, 0.3) is 11.3 Å². The van der Waals surface area contributed by atoms with Gasteiger partial charge in [-0.3, -0.25) is 14.7 Å². The van der Waals surface area contributed by atoms with E-state index in [1.165, 1.54) is 16.2 Å². The van der Waals surface area contributed by atoms with Crippen LogP contribution in [0.5, 0.6) is 0 Å². The summed E-state index contributed by atoms with van der Waals surface area (Å²) < 4.78 is 0. The lowest BCUT2D eigenvalue weighted by Crippen LogP contribution is -2.47. The zero-order valence-corrected chi connectivity index (χ0v) is 14.5. The summed E-state index contributed by atoms with van der Waals surface area (Å²) in [6.45, 7) is 3.68. The van der Waals surface area contributed by atoms with Crippen LogP contribution in [-0.4, -0.2) is 33.8 Å². The van der Waals surface area contributed by atoms with Crippen LogP contribution in [0, 0.1) is 11.8 Å². The summed E-state index contributed by atoms with van der Waals surface area (Å²) in [4.78, 5) is 27.7. The normalized spacial score (nSPS) is 20.4. The summed E-state index contributed by atoms with van der Waals surface area (Å²) in [7, 11) is 1.64. The predicted molar refractivity (Wildman–Crippen MR) is 94.3 cm³/mol. The molecular formula is C17H17N5OS. The third kappa shape index (κ3) is 2.88. The maximum Gasteiger partial charge on any atom is 0.231 e. The van der Waals surface area contributed by atoms with E-state index in [1.54, 1.807) is 26.4 Å². The fourth-order valence-corrected chi connectivity index (χ4v) is 3.51. The molecule has 0 aliphatic carbocycles. The smallest absolute Gasteiger partial charge is 0.231 e. The molecule has 0 spiro atoms. The molecule has 24 heavy (non-hydrogen) atoms. The van der Waals surface area contributed by atoms with Gasteiger partial charge < -0.3 is 5.73 Å². The molecule has 3 rings (SSSR count). The molecule has 3 heterocycles. The Labute approximate surface area is 144 Å². The van der Waals surface area contributed by atoms with Crippen molar-refractivity contribution in [3.05, 3.63) is 34.4 Å². The van der Waals surface area contributed by atoms with Crippen molar-refractivity contribution >= 4 is 23.2 Å². The van der Waals surface area contributed by atoms with E-state index in [-0.39, 0.29) is 18.3 Å². The van der Waals surface area contributed by atoms with E-state index in [9.17, 15) is 4.79 Å². The Morgan fingerprint density at radius 1 is 1.42 bits per heavy atom. The molecule has 0 aromatic carbocycles. The topological polar surface area (TPSA) is 84.5 Å². The van der Waals surface area contributed by atoms with Gasteiger partial charge in [0.1, 0.15) is 11.2 Å². The molecule has 0 bridgehead atoms. The van der Waals surface area contributed by atoms with Crippen molar-refractivity contribution in [3.8, 4) is 23.1 Å². The van der Waals surface area contributed by atoms with Crippen molar-refractivity contribution in [3.63, 3.8) is 0 Å². The van der Waals surface area contributed by atoms with Gasteiger partial charge in [-0.2, -0.15) is 0 Å². The zero-order chi connectivity index (χ0) is 17.3. The van der Waals surface area contributed by atoms with Gasteiger partial charge >= 0.3 is 0 Å². The minimum Gasteiger partial charge on any atom is -0.369 e. The first kappa shape index (κ1) is 16.1. The van der Waals surface area contributed by atoms with Crippen molar-refractivity contribution < 1.29 is 4.79 Å². The number of rotatable bonds is 2. The highest BCUT2D eigenvalue weighted by atomic mass is 32.1. The minimum absolute atomic E-state index is 0.0417. The molecule has 0 unspecified atom stereocenters. The van der Waals surface area contributed by atoms with Gasteiger partial charge in [0.2, 0.25) is 5.91 Å². The van der Waals surface area contributed by atoms with E-state index in [2.05, 4.69) is 26.8 Å². The average Bonchev–Trinajstić information content (AvgIpc) is 3.04. The van der Waals surface area contributed by atoms with Gasteiger partial charge in [0.25, 0.3) is 0 Å². The Hall–Kier alpha value is -2.72. The van der Waals surface area contributed by atoms with E-state index in [1.807, 2.05) is 18.4 Å². The lowest BCUT2D eigenvalue weighted by atomic mass is 9.93. The van der Waals surface area contributed by atoms with E-state index >= 15 is 0 Å². The zero-order valence-electron chi connectivity index (χ0n) is 13.7. The van der Waals surface area contributed by atoms with E-state index in [0.717, 1.165) is 16.1 Å². The largest absolute Gasteiger partial charge is 0.369 e. The molecule has 0 radical (unpaired) electrons. The Kier molecular flexibility index (Phi) is 4.08. The maximum atomic E-state index is 12.1. The molecule has 1 aliphatic heterocycles. The van der Waals surface area contributed by atoms with Crippen molar-refractivity contribution in [2.75, 3.05) is 7.05 Å². The van der Waals surface area contributed by atoms with Crippen molar-refractivity contribution in [1.82, 2.24) is 14.9 Å². The number of thiophene rings is 1. The molecular weight excluding hydrogens is 322 g/mol. The summed E-state index contributed by atoms with van der Waals surface area (Å²) in [6, 6.07) is 1.99. The Morgan fingerprint density at radius 2 is 2.21 bits per heavy atom. The van der Waals surface area contributed by atoms with Crippen LogP contribution in [0.1, 0.15) is 30.8 Å². The van der Waals surface area contributed by atoms with Crippen LogP contribution in [-0.2, 0) is 10.3 Å². The highest BCUT2D eigenvalue weighted by molar-refractivity contribution is 7.10. The standard InChI is InChI=1S/C17H17N5OS/c1-4-5-12-8-19-9-13(20-12)11-6-14(24-10-11)17(2)7-15(23)22(3)16(18)21-17/h6,8-10H,7H2,1-3H3,(H2,18,21)/t17-/m0/s1. The molecule has 7 heteroatoms. The number of carbonyl (C=O) groups is 1. The van der Waals surface area contributed by atoms with Crippen molar-refractivity contribution in [1.29, 1.82) is 0 Å².